The molecule has 2 aromatic rings. The number of rotatable bonds is 8. The number of hydrogen-bond acceptors (Lipinski definition) is 4. The zero-order valence-electron chi connectivity index (χ0n) is 18.0. The lowest BCUT2D eigenvalue weighted by Gasteiger charge is -2.22. The molecule has 34 heavy (non-hydrogen) atoms. The maximum atomic E-state index is 12.7. The number of ether oxygens (including phenoxy) is 1. The van der Waals surface area contributed by atoms with Crippen molar-refractivity contribution in [3.63, 3.8) is 0 Å². The van der Waals surface area contributed by atoms with Gasteiger partial charge in [-0.3, -0.25) is 9.59 Å². The smallest absolute Gasteiger partial charge is 0.407 e. The molecule has 0 bridgehead atoms. The van der Waals surface area contributed by atoms with Gasteiger partial charge in [0, 0.05) is 18.4 Å². The van der Waals surface area contributed by atoms with E-state index in [1.54, 1.807) is 0 Å². The SMILES string of the molecule is O=C(O)CN(CC(F)(F)F)C(=O)C1CC1CNC(=O)OCC1c2ccccc2-c2ccccc21. The molecule has 0 spiro atoms. The molecule has 0 heterocycles. The molecule has 2 aromatic carbocycles. The van der Waals surface area contributed by atoms with Crippen molar-refractivity contribution in [2.24, 2.45) is 11.8 Å². The number of fused-ring (bicyclic) bond motifs is 3. The molecule has 2 unspecified atom stereocenters. The molecule has 7 nitrogen and oxygen atoms in total. The highest BCUT2D eigenvalue weighted by molar-refractivity contribution is 5.85. The molecule has 4 rings (SSSR count). The fourth-order valence-electron chi connectivity index (χ4n) is 4.47. The summed E-state index contributed by atoms with van der Waals surface area (Å²) in [5, 5.41) is 11.4. The van der Waals surface area contributed by atoms with Gasteiger partial charge in [0.2, 0.25) is 5.91 Å². The van der Waals surface area contributed by atoms with E-state index < -0.39 is 43.2 Å². The van der Waals surface area contributed by atoms with Gasteiger partial charge in [-0.2, -0.15) is 13.2 Å². The second-order valence-electron chi connectivity index (χ2n) is 8.51. The Labute approximate surface area is 193 Å². The molecule has 2 atom stereocenters. The number of benzene rings is 2. The van der Waals surface area contributed by atoms with Crippen LogP contribution >= 0.6 is 0 Å². The molecule has 1 saturated carbocycles. The number of nitrogens with zero attached hydrogens (tertiary/aromatic N) is 1. The summed E-state index contributed by atoms with van der Waals surface area (Å²) in [6, 6.07) is 15.8. The van der Waals surface area contributed by atoms with Crippen molar-refractivity contribution in [3.05, 3.63) is 59.7 Å². The normalized spacial score (nSPS) is 18.6. The van der Waals surface area contributed by atoms with E-state index in [0.29, 0.717) is 4.90 Å². The van der Waals surface area contributed by atoms with Crippen LogP contribution in [0, 0.1) is 11.8 Å². The Morgan fingerprint density at radius 3 is 2.18 bits per heavy atom. The number of alkyl carbamates (subject to hydrolysis) is 1. The van der Waals surface area contributed by atoms with Crippen molar-refractivity contribution in [2.45, 2.75) is 18.5 Å². The summed E-state index contributed by atoms with van der Waals surface area (Å²) in [7, 11) is 0. The largest absolute Gasteiger partial charge is 0.480 e. The molecule has 2 aliphatic rings. The molecule has 10 heteroatoms. The second-order valence-corrected chi connectivity index (χ2v) is 8.51. The van der Waals surface area contributed by atoms with Crippen LogP contribution in [0.2, 0.25) is 0 Å². The minimum atomic E-state index is -4.70. The van der Waals surface area contributed by atoms with E-state index in [1.807, 2.05) is 48.5 Å². The third-order valence-electron chi connectivity index (χ3n) is 6.10. The Balaban J connectivity index is 1.28. The van der Waals surface area contributed by atoms with Crippen LogP contribution < -0.4 is 5.32 Å². The van der Waals surface area contributed by atoms with Crippen LogP contribution in [0.3, 0.4) is 0 Å². The summed E-state index contributed by atoms with van der Waals surface area (Å²) in [6.45, 7) is -2.48. The third kappa shape index (κ3) is 5.32. The fourth-order valence-corrected chi connectivity index (χ4v) is 4.47. The number of aliphatic carboxylic acids is 1. The lowest BCUT2D eigenvalue weighted by molar-refractivity contribution is -0.166. The number of halogens is 3. The maximum Gasteiger partial charge on any atom is 0.407 e. The number of hydrogen-bond donors (Lipinski definition) is 2. The summed E-state index contributed by atoms with van der Waals surface area (Å²) < 4.78 is 43.5. The highest BCUT2D eigenvalue weighted by Gasteiger charge is 2.47. The minimum absolute atomic E-state index is 0.0556. The number of carboxylic acid groups (broad SMARTS) is 1. The Hall–Kier alpha value is -3.56. The number of amides is 2. The highest BCUT2D eigenvalue weighted by atomic mass is 19.4. The predicted molar refractivity (Wildman–Crippen MR) is 115 cm³/mol. The quantitative estimate of drug-likeness (QED) is 0.607. The molecule has 2 amide bonds. The first-order chi connectivity index (χ1) is 16.1. The van der Waals surface area contributed by atoms with Gasteiger partial charge in [0.25, 0.3) is 0 Å². The van der Waals surface area contributed by atoms with Crippen LogP contribution in [-0.4, -0.2) is 60.4 Å². The van der Waals surface area contributed by atoms with Crippen LogP contribution in [0.5, 0.6) is 0 Å². The number of carbonyl (C=O) groups is 3. The predicted octanol–water partition coefficient (Wildman–Crippen LogP) is 3.64. The van der Waals surface area contributed by atoms with E-state index in [2.05, 4.69) is 5.32 Å². The van der Waals surface area contributed by atoms with Gasteiger partial charge in [-0.25, -0.2) is 4.79 Å². The number of alkyl halides is 3. The van der Waals surface area contributed by atoms with Crippen LogP contribution in [-0.2, 0) is 14.3 Å². The van der Waals surface area contributed by atoms with Crippen molar-refractivity contribution < 1.29 is 37.4 Å². The van der Waals surface area contributed by atoms with Crippen molar-refractivity contribution in [3.8, 4) is 11.1 Å². The highest BCUT2D eigenvalue weighted by Crippen LogP contribution is 2.44. The molecular weight excluding hydrogens is 453 g/mol. The van der Waals surface area contributed by atoms with Crippen LogP contribution in [0.25, 0.3) is 11.1 Å². The van der Waals surface area contributed by atoms with Gasteiger partial charge in [0.05, 0.1) is 0 Å². The fraction of sp³-hybridized carbons (Fsp3) is 0.375. The van der Waals surface area contributed by atoms with E-state index in [-0.39, 0.29) is 31.4 Å². The minimum Gasteiger partial charge on any atom is -0.480 e. The first-order valence-electron chi connectivity index (χ1n) is 10.8. The number of carboxylic acids is 1. The van der Waals surface area contributed by atoms with Gasteiger partial charge < -0.3 is 20.1 Å². The molecule has 2 aliphatic carbocycles. The van der Waals surface area contributed by atoms with E-state index in [0.717, 1.165) is 22.3 Å². The third-order valence-corrected chi connectivity index (χ3v) is 6.10. The Kier molecular flexibility index (Phi) is 6.49. The molecule has 180 valence electrons. The van der Waals surface area contributed by atoms with Gasteiger partial charge >= 0.3 is 18.2 Å². The summed E-state index contributed by atoms with van der Waals surface area (Å²) in [4.78, 5) is 35.7. The first kappa shape index (κ1) is 23.6. The zero-order valence-corrected chi connectivity index (χ0v) is 18.0. The lowest BCUT2D eigenvalue weighted by Crippen LogP contribution is -2.43. The van der Waals surface area contributed by atoms with Gasteiger partial charge in [0.15, 0.2) is 0 Å². The summed E-state index contributed by atoms with van der Waals surface area (Å²) in [5.41, 5.74) is 4.31. The van der Waals surface area contributed by atoms with Gasteiger partial charge in [-0.1, -0.05) is 48.5 Å². The molecule has 0 radical (unpaired) electrons. The average Bonchev–Trinajstić information content (AvgIpc) is 3.49. The Bertz CT molecular complexity index is 1060. The molecule has 1 fully saturated rings. The van der Waals surface area contributed by atoms with Crippen molar-refractivity contribution in [1.29, 1.82) is 0 Å². The number of carbonyl (C=O) groups excluding carboxylic acids is 2. The molecule has 0 aromatic heterocycles. The summed E-state index contributed by atoms with van der Waals surface area (Å²) in [6.07, 6.45) is -5.11. The van der Waals surface area contributed by atoms with Gasteiger partial charge in [-0.15, -0.1) is 0 Å². The zero-order chi connectivity index (χ0) is 24.5. The maximum absolute atomic E-state index is 12.7. The Morgan fingerprint density at radius 1 is 1.03 bits per heavy atom. The summed E-state index contributed by atoms with van der Waals surface area (Å²) >= 11 is 0. The first-order valence-corrected chi connectivity index (χ1v) is 10.8. The topological polar surface area (TPSA) is 95.9 Å². The molecular formula is C24H23F3N2O5. The number of nitrogens with one attached hydrogen (secondary N) is 1. The average molecular weight is 476 g/mol. The van der Waals surface area contributed by atoms with Crippen LogP contribution in [0.4, 0.5) is 18.0 Å². The van der Waals surface area contributed by atoms with E-state index in [1.165, 1.54) is 0 Å². The molecule has 0 aliphatic heterocycles. The standard InChI is InChI=1S/C24H23F3N2O5/c25-24(26,27)13-29(11-21(30)31)22(32)19-9-14(19)10-28-23(33)34-12-20-17-7-3-1-5-15(17)16-6-2-4-8-18(16)20/h1-8,14,19-20H,9-13H2,(H,28,33)(H,30,31). The monoisotopic (exact) mass is 476 g/mol. The van der Waals surface area contributed by atoms with E-state index in [4.69, 9.17) is 9.84 Å². The molecule has 2 N–H and O–H groups in total. The molecule has 0 saturated heterocycles. The second kappa shape index (κ2) is 9.36. The van der Waals surface area contributed by atoms with Gasteiger partial charge in [0.1, 0.15) is 19.7 Å². The van der Waals surface area contributed by atoms with E-state index >= 15 is 0 Å². The summed E-state index contributed by atoms with van der Waals surface area (Å²) in [5.74, 6) is -3.63. The van der Waals surface area contributed by atoms with Crippen molar-refractivity contribution in [2.75, 3.05) is 26.2 Å². The van der Waals surface area contributed by atoms with Crippen molar-refractivity contribution in [1.82, 2.24) is 10.2 Å². The van der Waals surface area contributed by atoms with Crippen LogP contribution in [0.15, 0.2) is 48.5 Å². The van der Waals surface area contributed by atoms with Gasteiger partial charge in [-0.05, 0) is 34.6 Å². The van der Waals surface area contributed by atoms with Crippen molar-refractivity contribution >= 4 is 18.0 Å². The van der Waals surface area contributed by atoms with Crippen LogP contribution in [0.1, 0.15) is 23.5 Å². The lowest BCUT2D eigenvalue weighted by atomic mass is 9.98. The van der Waals surface area contributed by atoms with E-state index in [9.17, 15) is 27.6 Å². The Morgan fingerprint density at radius 2 is 1.62 bits per heavy atom.